The van der Waals surface area contributed by atoms with Crippen LogP contribution < -0.4 is 0 Å². The molecule has 0 aromatic rings. The van der Waals surface area contributed by atoms with Crippen LogP contribution in [0.1, 0.15) is 136 Å². The van der Waals surface area contributed by atoms with E-state index >= 15 is 0 Å². The molecule has 1 unspecified atom stereocenters. The highest BCUT2D eigenvalue weighted by molar-refractivity contribution is 4.92. The third-order valence-electron chi connectivity index (χ3n) is 6.11. The van der Waals surface area contributed by atoms with Gasteiger partial charge in [0.2, 0.25) is 0 Å². The molecule has 0 aliphatic heterocycles. The summed E-state index contributed by atoms with van der Waals surface area (Å²) >= 11 is 0. The third kappa shape index (κ3) is 22.0. The van der Waals surface area contributed by atoms with E-state index < -0.39 is 0 Å². The summed E-state index contributed by atoms with van der Waals surface area (Å²) in [6.07, 6.45) is 35.4. The van der Waals surface area contributed by atoms with Crippen molar-refractivity contribution >= 4 is 0 Å². The van der Waals surface area contributed by atoms with Crippen LogP contribution in [0.5, 0.6) is 0 Å². The van der Waals surface area contributed by atoms with E-state index in [0.29, 0.717) is 0 Å². The van der Waals surface area contributed by atoms with Crippen molar-refractivity contribution < 1.29 is 0 Å². The fourth-order valence-corrected chi connectivity index (χ4v) is 4.01. The van der Waals surface area contributed by atoms with Gasteiger partial charge in [-0.05, 0) is 59.0 Å². The van der Waals surface area contributed by atoms with Crippen LogP contribution in [0.25, 0.3) is 0 Å². The normalized spacial score (nSPS) is 13.3. The second-order valence-corrected chi connectivity index (χ2v) is 9.19. The minimum atomic E-state index is 0.805. The Hall–Kier alpha value is -0.560. The largest absolute Gasteiger partial charge is 0.306 e. The molecule has 0 heterocycles. The first-order valence-corrected chi connectivity index (χ1v) is 13.2. The van der Waals surface area contributed by atoms with E-state index in [9.17, 15) is 0 Å². The maximum absolute atomic E-state index is 2.47. The van der Waals surface area contributed by atoms with Crippen molar-refractivity contribution in [3.63, 3.8) is 0 Å². The Bertz CT molecular complexity index is 355. The third-order valence-corrected chi connectivity index (χ3v) is 6.11. The topological polar surface area (TPSA) is 3.24 Å². The summed E-state index contributed by atoms with van der Waals surface area (Å²) in [5, 5.41) is 0. The molecule has 1 nitrogen and oxygen atoms in total. The Labute approximate surface area is 185 Å². The molecule has 0 bridgehead atoms. The number of allylic oxidation sites excluding steroid dienone is 4. The summed E-state index contributed by atoms with van der Waals surface area (Å²) in [5.74, 6) is 0. The molecular formula is C28H55N. The molecule has 0 saturated heterocycles. The second kappa shape index (κ2) is 23.7. The highest BCUT2D eigenvalue weighted by Gasteiger charge is 2.10. The van der Waals surface area contributed by atoms with Gasteiger partial charge in [-0.25, -0.2) is 0 Å². The van der Waals surface area contributed by atoms with Gasteiger partial charge in [0, 0.05) is 6.04 Å². The van der Waals surface area contributed by atoms with Crippen molar-refractivity contribution in [2.45, 2.75) is 142 Å². The summed E-state index contributed by atoms with van der Waals surface area (Å²) in [6, 6.07) is 0.805. The van der Waals surface area contributed by atoms with E-state index in [2.05, 4.69) is 57.1 Å². The van der Waals surface area contributed by atoms with Crippen LogP contribution in [-0.2, 0) is 0 Å². The smallest absolute Gasteiger partial charge is 0.00891 e. The van der Waals surface area contributed by atoms with Crippen LogP contribution in [0, 0.1) is 0 Å². The Morgan fingerprint density at radius 1 is 0.517 bits per heavy atom. The van der Waals surface area contributed by atoms with Crippen molar-refractivity contribution in [2.75, 3.05) is 14.1 Å². The zero-order valence-electron chi connectivity index (χ0n) is 20.8. The average Bonchev–Trinajstić information content (AvgIpc) is 2.71. The van der Waals surface area contributed by atoms with Crippen molar-refractivity contribution in [2.24, 2.45) is 0 Å². The zero-order chi connectivity index (χ0) is 21.4. The standard InChI is InChI=1S/C28H55N/c1-5-7-9-11-13-14-15-16-17-18-19-20-21-23-25-27-28(29(3)4)26-24-22-12-10-8-6-2/h13-14,16-17,28H,5-12,15,18-27H2,1-4H3/b14-13-,17-16-. The molecule has 1 atom stereocenters. The quantitative estimate of drug-likeness (QED) is 0.128. The molecule has 29 heavy (non-hydrogen) atoms. The molecule has 172 valence electrons. The van der Waals surface area contributed by atoms with Crippen molar-refractivity contribution in [1.29, 1.82) is 0 Å². The van der Waals surface area contributed by atoms with Gasteiger partial charge < -0.3 is 4.90 Å². The van der Waals surface area contributed by atoms with E-state index in [1.54, 1.807) is 0 Å². The summed E-state index contributed by atoms with van der Waals surface area (Å²) in [7, 11) is 4.54. The lowest BCUT2D eigenvalue weighted by atomic mass is 9.99. The highest BCUT2D eigenvalue weighted by Crippen LogP contribution is 2.17. The molecule has 0 aliphatic rings. The fraction of sp³-hybridized carbons (Fsp3) is 0.857. The molecule has 0 aromatic carbocycles. The molecule has 0 radical (unpaired) electrons. The Kier molecular flexibility index (Phi) is 23.3. The van der Waals surface area contributed by atoms with Crippen LogP contribution in [0.4, 0.5) is 0 Å². The van der Waals surface area contributed by atoms with Crippen LogP contribution in [0.15, 0.2) is 24.3 Å². The number of hydrogen-bond acceptors (Lipinski definition) is 1. The molecule has 0 N–H and O–H groups in total. The fourth-order valence-electron chi connectivity index (χ4n) is 4.01. The van der Waals surface area contributed by atoms with Gasteiger partial charge in [-0.15, -0.1) is 0 Å². The number of hydrogen-bond donors (Lipinski definition) is 0. The van der Waals surface area contributed by atoms with Gasteiger partial charge >= 0.3 is 0 Å². The molecule has 0 amide bonds. The first-order valence-electron chi connectivity index (χ1n) is 13.2. The number of unbranched alkanes of at least 4 members (excludes halogenated alkanes) is 13. The number of nitrogens with zero attached hydrogens (tertiary/aromatic N) is 1. The molecule has 0 aromatic heterocycles. The van der Waals surface area contributed by atoms with E-state index in [4.69, 9.17) is 0 Å². The lowest BCUT2D eigenvalue weighted by Gasteiger charge is -2.24. The number of rotatable bonds is 22. The van der Waals surface area contributed by atoms with E-state index in [-0.39, 0.29) is 0 Å². The van der Waals surface area contributed by atoms with Gasteiger partial charge in [0.1, 0.15) is 0 Å². The highest BCUT2D eigenvalue weighted by atomic mass is 15.1. The Morgan fingerprint density at radius 2 is 0.931 bits per heavy atom. The maximum Gasteiger partial charge on any atom is 0.00891 e. The van der Waals surface area contributed by atoms with Crippen LogP contribution in [-0.4, -0.2) is 25.0 Å². The molecule has 1 heteroatoms. The van der Waals surface area contributed by atoms with Gasteiger partial charge in [-0.1, -0.05) is 115 Å². The zero-order valence-corrected chi connectivity index (χ0v) is 20.8. The van der Waals surface area contributed by atoms with Crippen LogP contribution in [0.3, 0.4) is 0 Å². The van der Waals surface area contributed by atoms with Crippen LogP contribution in [0.2, 0.25) is 0 Å². The second-order valence-electron chi connectivity index (χ2n) is 9.19. The van der Waals surface area contributed by atoms with Crippen molar-refractivity contribution in [1.82, 2.24) is 4.90 Å². The minimum Gasteiger partial charge on any atom is -0.306 e. The Balaban J connectivity index is 3.50. The first-order chi connectivity index (χ1) is 14.2. The molecule has 0 fully saturated rings. The van der Waals surface area contributed by atoms with Crippen LogP contribution >= 0.6 is 0 Å². The molecule has 0 rings (SSSR count). The Morgan fingerprint density at radius 3 is 1.45 bits per heavy atom. The van der Waals surface area contributed by atoms with Crippen molar-refractivity contribution in [3.8, 4) is 0 Å². The minimum absolute atomic E-state index is 0.805. The SMILES string of the molecule is CCCCC/C=C\C/C=C\CCCCCCCC(CCCCCCCC)N(C)C. The van der Waals surface area contributed by atoms with Crippen molar-refractivity contribution in [3.05, 3.63) is 24.3 Å². The molecule has 0 saturated carbocycles. The summed E-state index contributed by atoms with van der Waals surface area (Å²) in [6.45, 7) is 4.57. The summed E-state index contributed by atoms with van der Waals surface area (Å²) in [4.78, 5) is 2.47. The molecule has 0 aliphatic carbocycles. The molecular weight excluding hydrogens is 350 g/mol. The van der Waals surface area contributed by atoms with E-state index in [0.717, 1.165) is 12.5 Å². The first kappa shape index (κ1) is 28.4. The lowest BCUT2D eigenvalue weighted by Crippen LogP contribution is -2.27. The maximum atomic E-state index is 2.47. The summed E-state index contributed by atoms with van der Waals surface area (Å²) < 4.78 is 0. The van der Waals surface area contributed by atoms with E-state index in [1.165, 1.54) is 116 Å². The monoisotopic (exact) mass is 405 g/mol. The average molecular weight is 406 g/mol. The van der Waals surface area contributed by atoms with Gasteiger partial charge in [-0.3, -0.25) is 0 Å². The van der Waals surface area contributed by atoms with Gasteiger partial charge in [0.25, 0.3) is 0 Å². The summed E-state index contributed by atoms with van der Waals surface area (Å²) in [5.41, 5.74) is 0. The van der Waals surface area contributed by atoms with Gasteiger partial charge in [-0.2, -0.15) is 0 Å². The predicted octanol–water partition coefficient (Wildman–Crippen LogP) is 9.48. The van der Waals surface area contributed by atoms with E-state index in [1.807, 2.05) is 0 Å². The molecule has 0 spiro atoms. The van der Waals surface area contributed by atoms with Gasteiger partial charge in [0.05, 0.1) is 0 Å². The lowest BCUT2D eigenvalue weighted by molar-refractivity contribution is 0.251. The predicted molar refractivity (Wildman–Crippen MR) is 135 cm³/mol. The van der Waals surface area contributed by atoms with Gasteiger partial charge in [0.15, 0.2) is 0 Å².